The van der Waals surface area contributed by atoms with E-state index < -0.39 is 21.9 Å². The summed E-state index contributed by atoms with van der Waals surface area (Å²) in [5.41, 5.74) is 2.31. The van der Waals surface area contributed by atoms with Gasteiger partial charge in [-0.1, -0.05) is 30.3 Å². The fourth-order valence-electron chi connectivity index (χ4n) is 3.13. The Morgan fingerprint density at radius 1 is 0.900 bits per heavy atom. The smallest absolute Gasteiger partial charge is 0.244 e. The number of methoxy groups -OCH3 is 2. The molecule has 0 aliphatic rings. The first-order valence-corrected chi connectivity index (χ1v) is 10.9. The van der Waals surface area contributed by atoms with E-state index in [2.05, 4.69) is 4.72 Å². The minimum absolute atomic E-state index is 0.365. The van der Waals surface area contributed by atoms with Crippen molar-refractivity contribution in [1.82, 2.24) is 4.72 Å². The zero-order valence-electron chi connectivity index (χ0n) is 17.1. The van der Waals surface area contributed by atoms with E-state index in [9.17, 15) is 12.8 Å². The maximum absolute atomic E-state index is 14.3. The van der Waals surface area contributed by atoms with Crippen LogP contribution in [0.1, 0.15) is 22.7 Å². The standard InChI is InChI=1S/C23H24FNO4S/c1-16-4-13-21(24)23(14-16)30(26,27)25-22(18-7-11-20(29-3)12-8-18)15-17-5-9-19(28-2)10-6-17/h4-14,22,25H,15H2,1-3H3. The zero-order valence-corrected chi connectivity index (χ0v) is 17.9. The fourth-order valence-corrected chi connectivity index (χ4v) is 4.52. The van der Waals surface area contributed by atoms with E-state index in [1.54, 1.807) is 45.4 Å². The number of nitrogens with one attached hydrogen (secondary N) is 1. The van der Waals surface area contributed by atoms with Crippen molar-refractivity contribution in [1.29, 1.82) is 0 Å². The normalized spacial score (nSPS) is 12.4. The molecule has 1 atom stereocenters. The second-order valence-corrected chi connectivity index (χ2v) is 8.62. The van der Waals surface area contributed by atoms with Crippen LogP contribution in [0.4, 0.5) is 4.39 Å². The molecule has 3 aromatic carbocycles. The average Bonchev–Trinajstić information content (AvgIpc) is 2.75. The van der Waals surface area contributed by atoms with Crippen LogP contribution in [0.5, 0.6) is 11.5 Å². The molecule has 1 unspecified atom stereocenters. The summed E-state index contributed by atoms with van der Waals surface area (Å²) in [5, 5.41) is 0. The minimum Gasteiger partial charge on any atom is -0.497 e. The predicted octanol–water partition coefficient (Wildman–Crippen LogP) is 4.41. The Morgan fingerprint density at radius 2 is 1.47 bits per heavy atom. The van der Waals surface area contributed by atoms with Gasteiger partial charge < -0.3 is 9.47 Å². The highest BCUT2D eigenvalue weighted by atomic mass is 32.2. The second-order valence-electron chi connectivity index (χ2n) is 6.93. The molecule has 5 nitrogen and oxygen atoms in total. The number of sulfonamides is 1. The van der Waals surface area contributed by atoms with Gasteiger partial charge in [-0.15, -0.1) is 0 Å². The van der Waals surface area contributed by atoms with E-state index in [0.29, 0.717) is 23.5 Å². The number of ether oxygens (including phenoxy) is 2. The number of hydrogen-bond donors (Lipinski definition) is 1. The van der Waals surface area contributed by atoms with Crippen LogP contribution in [-0.2, 0) is 16.4 Å². The topological polar surface area (TPSA) is 64.6 Å². The number of benzene rings is 3. The molecular formula is C23H24FNO4S. The average molecular weight is 430 g/mol. The highest BCUT2D eigenvalue weighted by Gasteiger charge is 2.25. The van der Waals surface area contributed by atoms with E-state index in [-0.39, 0.29) is 4.90 Å². The van der Waals surface area contributed by atoms with Crippen LogP contribution in [0.15, 0.2) is 71.6 Å². The lowest BCUT2D eigenvalue weighted by Gasteiger charge is -2.20. The molecule has 0 aliphatic heterocycles. The summed E-state index contributed by atoms with van der Waals surface area (Å²) in [6.07, 6.45) is 0.378. The van der Waals surface area contributed by atoms with Gasteiger partial charge >= 0.3 is 0 Å². The Balaban J connectivity index is 1.95. The highest BCUT2D eigenvalue weighted by Crippen LogP contribution is 2.26. The van der Waals surface area contributed by atoms with Gasteiger partial charge in [-0.3, -0.25) is 0 Å². The molecule has 0 bridgehead atoms. The molecule has 158 valence electrons. The van der Waals surface area contributed by atoms with Crippen molar-refractivity contribution in [3.8, 4) is 11.5 Å². The number of rotatable bonds is 8. The lowest BCUT2D eigenvalue weighted by atomic mass is 9.99. The van der Waals surface area contributed by atoms with E-state index in [4.69, 9.17) is 9.47 Å². The molecule has 0 amide bonds. The van der Waals surface area contributed by atoms with Gasteiger partial charge in [0.25, 0.3) is 0 Å². The Kier molecular flexibility index (Phi) is 6.74. The predicted molar refractivity (Wildman–Crippen MR) is 114 cm³/mol. The Hall–Kier alpha value is -2.90. The quantitative estimate of drug-likeness (QED) is 0.576. The summed E-state index contributed by atoms with van der Waals surface area (Å²) < 4.78 is 53.3. The molecule has 0 spiro atoms. The molecule has 0 saturated carbocycles. The van der Waals surface area contributed by atoms with E-state index in [0.717, 1.165) is 17.2 Å². The molecular weight excluding hydrogens is 405 g/mol. The Bertz CT molecular complexity index is 1100. The largest absolute Gasteiger partial charge is 0.497 e. The van der Waals surface area contributed by atoms with Crippen molar-refractivity contribution < 1.29 is 22.3 Å². The molecule has 30 heavy (non-hydrogen) atoms. The van der Waals surface area contributed by atoms with Crippen molar-refractivity contribution in [2.24, 2.45) is 0 Å². The first kappa shape index (κ1) is 21.8. The van der Waals surface area contributed by atoms with E-state index in [1.165, 1.54) is 12.1 Å². The highest BCUT2D eigenvalue weighted by molar-refractivity contribution is 7.89. The van der Waals surface area contributed by atoms with Crippen molar-refractivity contribution in [2.45, 2.75) is 24.3 Å². The number of aryl methyl sites for hydroxylation is 1. The first-order chi connectivity index (χ1) is 14.3. The van der Waals surface area contributed by atoms with Gasteiger partial charge in [0.1, 0.15) is 22.2 Å². The summed E-state index contributed by atoms with van der Waals surface area (Å²) in [4.78, 5) is -0.365. The summed E-state index contributed by atoms with van der Waals surface area (Å²) >= 11 is 0. The molecule has 3 aromatic rings. The van der Waals surface area contributed by atoms with Crippen molar-refractivity contribution in [3.63, 3.8) is 0 Å². The minimum atomic E-state index is -4.09. The van der Waals surface area contributed by atoms with Crippen LogP contribution >= 0.6 is 0 Å². The SMILES string of the molecule is COc1ccc(CC(NS(=O)(=O)c2cc(C)ccc2F)c2ccc(OC)cc2)cc1. The van der Waals surface area contributed by atoms with Crippen LogP contribution < -0.4 is 14.2 Å². The Labute approximate surface area is 176 Å². The number of halogens is 1. The van der Waals surface area contributed by atoms with E-state index in [1.807, 2.05) is 24.3 Å². The van der Waals surface area contributed by atoms with Gasteiger partial charge in [0.05, 0.1) is 20.3 Å². The molecule has 0 heterocycles. The maximum atomic E-state index is 14.3. The Morgan fingerprint density at radius 3 is 2.03 bits per heavy atom. The van der Waals surface area contributed by atoms with Crippen LogP contribution in [0.2, 0.25) is 0 Å². The lowest BCUT2D eigenvalue weighted by molar-refractivity contribution is 0.414. The maximum Gasteiger partial charge on any atom is 0.244 e. The van der Waals surface area contributed by atoms with Crippen molar-refractivity contribution in [2.75, 3.05) is 14.2 Å². The van der Waals surface area contributed by atoms with Crippen LogP contribution in [0.3, 0.4) is 0 Å². The molecule has 1 N–H and O–H groups in total. The summed E-state index contributed by atoms with van der Waals surface area (Å²) in [7, 11) is -0.945. The second kappa shape index (κ2) is 9.28. The number of hydrogen-bond acceptors (Lipinski definition) is 4. The fraction of sp³-hybridized carbons (Fsp3) is 0.217. The third-order valence-corrected chi connectivity index (χ3v) is 6.28. The molecule has 0 saturated heterocycles. The molecule has 0 fully saturated rings. The van der Waals surface area contributed by atoms with Crippen LogP contribution in [0.25, 0.3) is 0 Å². The molecule has 7 heteroatoms. The molecule has 0 aliphatic carbocycles. The van der Waals surface area contributed by atoms with Gasteiger partial charge in [0.15, 0.2) is 0 Å². The van der Waals surface area contributed by atoms with Gasteiger partial charge in [-0.05, 0) is 66.4 Å². The summed E-state index contributed by atoms with van der Waals surface area (Å²) in [5.74, 6) is 0.586. The molecule has 3 rings (SSSR count). The lowest BCUT2D eigenvalue weighted by Crippen LogP contribution is -2.30. The molecule has 0 radical (unpaired) electrons. The van der Waals surface area contributed by atoms with Crippen LogP contribution in [0, 0.1) is 12.7 Å². The monoisotopic (exact) mass is 429 g/mol. The van der Waals surface area contributed by atoms with Gasteiger partial charge in [0.2, 0.25) is 10.0 Å². The van der Waals surface area contributed by atoms with Crippen LogP contribution in [-0.4, -0.2) is 22.6 Å². The zero-order chi connectivity index (χ0) is 21.7. The third kappa shape index (κ3) is 5.17. The molecule has 0 aromatic heterocycles. The van der Waals surface area contributed by atoms with Gasteiger partial charge in [-0.2, -0.15) is 0 Å². The first-order valence-electron chi connectivity index (χ1n) is 9.38. The summed E-state index contributed by atoms with van der Waals surface area (Å²) in [6, 6.07) is 17.9. The van der Waals surface area contributed by atoms with Gasteiger partial charge in [-0.25, -0.2) is 17.5 Å². The summed E-state index contributed by atoms with van der Waals surface area (Å²) in [6.45, 7) is 1.72. The van der Waals surface area contributed by atoms with Crippen molar-refractivity contribution >= 4 is 10.0 Å². The van der Waals surface area contributed by atoms with E-state index >= 15 is 0 Å². The van der Waals surface area contributed by atoms with Crippen molar-refractivity contribution in [3.05, 3.63) is 89.2 Å². The third-order valence-electron chi connectivity index (χ3n) is 4.79. The van der Waals surface area contributed by atoms with Gasteiger partial charge in [0, 0.05) is 0 Å².